The normalized spacial score (nSPS) is 14.2. The minimum absolute atomic E-state index is 0.332. The Bertz CT molecular complexity index is 362. The quantitative estimate of drug-likeness (QED) is 0.751. The smallest absolute Gasteiger partial charge is 0.0793 e. The van der Waals surface area contributed by atoms with E-state index in [2.05, 4.69) is 30.9 Å². The number of aliphatic hydroxyl groups excluding tert-OH is 1. The van der Waals surface area contributed by atoms with Crippen LogP contribution in [0.2, 0.25) is 0 Å². The fourth-order valence-electron chi connectivity index (χ4n) is 2.44. The lowest BCUT2D eigenvalue weighted by atomic mass is 9.90. The van der Waals surface area contributed by atoms with Crippen molar-refractivity contribution in [1.29, 1.82) is 0 Å². The maximum atomic E-state index is 10.4. The summed E-state index contributed by atoms with van der Waals surface area (Å²) in [5, 5.41) is 10.4. The van der Waals surface area contributed by atoms with Crippen LogP contribution in [0.25, 0.3) is 0 Å². The Balaban J connectivity index is 2.65. The molecular weight excluding hydrogens is 234 g/mol. The van der Waals surface area contributed by atoms with E-state index in [1.165, 1.54) is 19.3 Å². The van der Waals surface area contributed by atoms with Gasteiger partial charge in [-0.25, -0.2) is 0 Å². The first kappa shape index (κ1) is 16.0. The van der Waals surface area contributed by atoms with Crippen molar-refractivity contribution in [3.63, 3.8) is 0 Å². The average Bonchev–Trinajstić information content (AvgIpc) is 2.43. The molecule has 1 N–H and O–H groups in total. The van der Waals surface area contributed by atoms with E-state index in [0.29, 0.717) is 5.92 Å². The second-order valence-corrected chi connectivity index (χ2v) is 5.66. The fraction of sp³-hybridized carbons (Fsp3) is 0.647. The van der Waals surface area contributed by atoms with Crippen LogP contribution in [0.15, 0.2) is 24.3 Å². The summed E-state index contributed by atoms with van der Waals surface area (Å²) in [6, 6.07) is 8.23. The van der Waals surface area contributed by atoms with Gasteiger partial charge in [-0.1, -0.05) is 51.7 Å². The third-order valence-electron chi connectivity index (χ3n) is 3.87. The zero-order valence-corrected chi connectivity index (χ0v) is 12.9. The molecule has 0 spiro atoms. The number of hydrogen-bond acceptors (Lipinski definition) is 2. The Morgan fingerprint density at radius 1 is 1.21 bits per heavy atom. The molecule has 0 amide bonds. The Kier molecular flexibility index (Phi) is 6.93. The molecular formula is C17H29NO. The van der Waals surface area contributed by atoms with Gasteiger partial charge in [-0.3, -0.25) is 0 Å². The molecule has 0 aromatic heterocycles. The molecule has 1 aromatic carbocycles. The standard InChI is InChI=1S/C17H29NO/c1-5-7-9-14(6-2)12-17(19)15-10-8-11-16(13-15)18(3)4/h8,10-11,13-14,17,19H,5-7,9,12H2,1-4H3. The molecule has 0 aliphatic rings. The molecule has 0 bridgehead atoms. The molecule has 0 radical (unpaired) electrons. The number of benzene rings is 1. The van der Waals surface area contributed by atoms with Crippen LogP contribution < -0.4 is 4.90 Å². The van der Waals surface area contributed by atoms with E-state index in [1.54, 1.807) is 0 Å². The maximum absolute atomic E-state index is 10.4. The summed E-state index contributed by atoms with van der Waals surface area (Å²) in [6.07, 6.45) is 5.45. The van der Waals surface area contributed by atoms with Gasteiger partial charge >= 0.3 is 0 Å². The Morgan fingerprint density at radius 3 is 2.53 bits per heavy atom. The lowest BCUT2D eigenvalue weighted by molar-refractivity contribution is 0.139. The van der Waals surface area contributed by atoms with Crippen molar-refractivity contribution in [2.75, 3.05) is 19.0 Å². The molecule has 2 atom stereocenters. The fourth-order valence-corrected chi connectivity index (χ4v) is 2.44. The topological polar surface area (TPSA) is 23.5 Å². The summed E-state index contributed by atoms with van der Waals surface area (Å²) in [5.74, 6) is 0.637. The average molecular weight is 263 g/mol. The van der Waals surface area contributed by atoms with Gasteiger partial charge in [0.2, 0.25) is 0 Å². The van der Waals surface area contributed by atoms with E-state index in [-0.39, 0.29) is 6.10 Å². The summed E-state index contributed by atoms with van der Waals surface area (Å²) < 4.78 is 0. The highest BCUT2D eigenvalue weighted by molar-refractivity contribution is 5.47. The first-order valence-electron chi connectivity index (χ1n) is 7.53. The van der Waals surface area contributed by atoms with Crippen molar-refractivity contribution in [1.82, 2.24) is 0 Å². The van der Waals surface area contributed by atoms with E-state index in [9.17, 15) is 5.11 Å². The summed E-state index contributed by atoms with van der Waals surface area (Å²) in [5.41, 5.74) is 2.19. The number of rotatable bonds is 8. The van der Waals surface area contributed by atoms with Crippen LogP contribution in [0.5, 0.6) is 0 Å². The summed E-state index contributed by atoms with van der Waals surface area (Å²) in [4.78, 5) is 2.07. The summed E-state index contributed by atoms with van der Waals surface area (Å²) in [6.45, 7) is 4.45. The van der Waals surface area contributed by atoms with E-state index >= 15 is 0 Å². The van der Waals surface area contributed by atoms with Crippen LogP contribution in [-0.4, -0.2) is 19.2 Å². The minimum Gasteiger partial charge on any atom is -0.388 e. The highest BCUT2D eigenvalue weighted by Gasteiger charge is 2.15. The van der Waals surface area contributed by atoms with E-state index < -0.39 is 0 Å². The van der Waals surface area contributed by atoms with Crippen LogP contribution in [0, 0.1) is 5.92 Å². The van der Waals surface area contributed by atoms with Gasteiger partial charge in [0.1, 0.15) is 0 Å². The molecule has 0 fully saturated rings. The monoisotopic (exact) mass is 263 g/mol. The second kappa shape index (κ2) is 8.21. The first-order valence-corrected chi connectivity index (χ1v) is 7.53. The predicted molar refractivity (Wildman–Crippen MR) is 83.7 cm³/mol. The largest absolute Gasteiger partial charge is 0.388 e. The molecule has 1 aromatic rings. The van der Waals surface area contributed by atoms with E-state index in [1.807, 2.05) is 26.2 Å². The molecule has 2 heteroatoms. The van der Waals surface area contributed by atoms with Gasteiger partial charge in [-0.05, 0) is 30.0 Å². The second-order valence-electron chi connectivity index (χ2n) is 5.66. The van der Waals surface area contributed by atoms with E-state index in [4.69, 9.17) is 0 Å². The number of aliphatic hydroxyl groups is 1. The Morgan fingerprint density at radius 2 is 1.95 bits per heavy atom. The van der Waals surface area contributed by atoms with Gasteiger partial charge in [0.15, 0.2) is 0 Å². The molecule has 2 unspecified atom stereocenters. The van der Waals surface area contributed by atoms with Crippen molar-refractivity contribution in [3.8, 4) is 0 Å². The number of hydrogen-bond donors (Lipinski definition) is 1. The SMILES string of the molecule is CCCCC(CC)CC(O)c1cccc(N(C)C)c1. The van der Waals surface area contributed by atoms with Crippen molar-refractivity contribution in [2.24, 2.45) is 5.92 Å². The third-order valence-corrected chi connectivity index (χ3v) is 3.87. The van der Waals surface area contributed by atoms with Crippen LogP contribution in [0.1, 0.15) is 57.6 Å². The van der Waals surface area contributed by atoms with Gasteiger partial charge < -0.3 is 10.0 Å². The molecule has 0 heterocycles. The molecule has 1 rings (SSSR count). The van der Waals surface area contributed by atoms with Crippen molar-refractivity contribution < 1.29 is 5.11 Å². The van der Waals surface area contributed by atoms with Crippen LogP contribution >= 0.6 is 0 Å². The molecule has 19 heavy (non-hydrogen) atoms. The highest BCUT2D eigenvalue weighted by Crippen LogP contribution is 2.28. The molecule has 2 nitrogen and oxygen atoms in total. The lowest BCUT2D eigenvalue weighted by Crippen LogP contribution is -2.11. The molecule has 0 aliphatic carbocycles. The van der Waals surface area contributed by atoms with Crippen LogP contribution in [0.3, 0.4) is 0 Å². The Hall–Kier alpha value is -1.02. The first-order chi connectivity index (χ1) is 9.08. The number of anilines is 1. The highest BCUT2D eigenvalue weighted by atomic mass is 16.3. The van der Waals surface area contributed by atoms with Crippen LogP contribution in [-0.2, 0) is 0 Å². The lowest BCUT2D eigenvalue weighted by Gasteiger charge is -2.20. The van der Waals surface area contributed by atoms with Crippen LogP contribution in [0.4, 0.5) is 5.69 Å². The zero-order chi connectivity index (χ0) is 14.3. The predicted octanol–water partition coefficient (Wildman–Crippen LogP) is 4.39. The maximum Gasteiger partial charge on any atom is 0.0793 e. The molecule has 0 aliphatic heterocycles. The van der Waals surface area contributed by atoms with Gasteiger partial charge in [-0.15, -0.1) is 0 Å². The zero-order valence-electron chi connectivity index (χ0n) is 12.9. The summed E-state index contributed by atoms with van der Waals surface area (Å²) in [7, 11) is 4.06. The number of nitrogens with zero attached hydrogens (tertiary/aromatic N) is 1. The summed E-state index contributed by atoms with van der Waals surface area (Å²) >= 11 is 0. The minimum atomic E-state index is -0.332. The van der Waals surface area contributed by atoms with Crippen molar-refractivity contribution in [3.05, 3.63) is 29.8 Å². The van der Waals surface area contributed by atoms with Gasteiger partial charge in [0.05, 0.1) is 6.10 Å². The third kappa shape index (κ3) is 5.23. The molecule has 108 valence electrons. The van der Waals surface area contributed by atoms with Gasteiger partial charge in [-0.2, -0.15) is 0 Å². The molecule has 0 saturated carbocycles. The van der Waals surface area contributed by atoms with Crippen molar-refractivity contribution >= 4 is 5.69 Å². The van der Waals surface area contributed by atoms with Gasteiger partial charge in [0, 0.05) is 19.8 Å². The van der Waals surface area contributed by atoms with E-state index in [0.717, 1.165) is 24.1 Å². The van der Waals surface area contributed by atoms with Gasteiger partial charge in [0.25, 0.3) is 0 Å². The number of unbranched alkanes of at least 4 members (excludes halogenated alkanes) is 1. The van der Waals surface area contributed by atoms with Crippen molar-refractivity contribution in [2.45, 2.75) is 52.1 Å². The Labute approximate surface area is 118 Å². The molecule has 0 saturated heterocycles.